The molecule has 0 N–H and O–H groups in total. The number of pyridine rings is 1. The van der Waals surface area contributed by atoms with Gasteiger partial charge < -0.3 is 9.47 Å². The Morgan fingerprint density at radius 2 is 1.88 bits per heavy atom. The third-order valence-corrected chi connectivity index (χ3v) is 4.66. The summed E-state index contributed by atoms with van der Waals surface area (Å²) in [5.41, 5.74) is 1.92. The van der Waals surface area contributed by atoms with Gasteiger partial charge in [-0.05, 0) is 24.3 Å². The van der Waals surface area contributed by atoms with Gasteiger partial charge >= 0.3 is 0 Å². The summed E-state index contributed by atoms with van der Waals surface area (Å²) in [6, 6.07) is 13.7. The van der Waals surface area contributed by atoms with E-state index in [1.165, 1.54) is 0 Å². The number of ether oxygens (including phenoxy) is 2. The van der Waals surface area contributed by atoms with Crippen LogP contribution in [0.5, 0.6) is 5.75 Å². The highest BCUT2D eigenvalue weighted by Crippen LogP contribution is 2.31. The summed E-state index contributed by atoms with van der Waals surface area (Å²) in [6.07, 6.45) is 1.80. The van der Waals surface area contributed by atoms with Gasteiger partial charge in [-0.1, -0.05) is 30.0 Å². The number of methoxy groups -OCH3 is 2. The molecule has 3 aromatic rings. The van der Waals surface area contributed by atoms with Crippen molar-refractivity contribution in [2.75, 3.05) is 20.8 Å². The second-order valence-corrected chi connectivity index (χ2v) is 6.20. The minimum atomic E-state index is 0.581. The molecule has 0 atom stereocenters. The second kappa shape index (κ2) is 8.64. The average molecular weight is 356 g/mol. The van der Waals surface area contributed by atoms with Crippen LogP contribution in [0.1, 0.15) is 5.69 Å². The third kappa shape index (κ3) is 4.18. The fraction of sp³-hybridized carbons (Fsp3) is 0.278. The first-order valence-corrected chi connectivity index (χ1v) is 8.90. The Morgan fingerprint density at radius 1 is 1.04 bits per heavy atom. The molecular formula is C18H20N4O2S. The summed E-state index contributed by atoms with van der Waals surface area (Å²) in [5, 5.41) is 9.61. The van der Waals surface area contributed by atoms with Crippen LogP contribution in [0.25, 0.3) is 11.4 Å². The normalized spacial score (nSPS) is 10.8. The summed E-state index contributed by atoms with van der Waals surface area (Å²) in [7, 11) is 3.35. The molecule has 0 bridgehead atoms. The van der Waals surface area contributed by atoms with E-state index in [-0.39, 0.29) is 0 Å². The average Bonchev–Trinajstić information content (AvgIpc) is 3.08. The number of thioether (sulfide) groups is 1. The standard InChI is InChI=1S/C18H20N4O2S/c1-23-12-11-22-17(15-8-3-4-9-16(15)24-2)20-21-18(22)25-13-14-7-5-6-10-19-14/h3-10H,11-13H2,1-2H3. The molecule has 0 saturated carbocycles. The summed E-state index contributed by atoms with van der Waals surface area (Å²) in [5.74, 6) is 2.28. The highest BCUT2D eigenvalue weighted by molar-refractivity contribution is 7.98. The van der Waals surface area contributed by atoms with Crippen LogP contribution in [0.2, 0.25) is 0 Å². The molecular weight excluding hydrogens is 336 g/mol. The predicted molar refractivity (Wildman–Crippen MR) is 97.7 cm³/mol. The monoisotopic (exact) mass is 356 g/mol. The first-order valence-electron chi connectivity index (χ1n) is 7.91. The van der Waals surface area contributed by atoms with Crippen LogP contribution in [0.3, 0.4) is 0 Å². The zero-order valence-corrected chi connectivity index (χ0v) is 15.1. The van der Waals surface area contributed by atoms with Crippen molar-refractivity contribution in [3.8, 4) is 17.1 Å². The maximum absolute atomic E-state index is 5.47. The fourth-order valence-corrected chi connectivity index (χ4v) is 3.31. The topological polar surface area (TPSA) is 62.1 Å². The van der Waals surface area contributed by atoms with E-state index in [2.05, 4.69) is 19.7 Å². The van der Waals surface area contributed by atoms with Crippen molar-refractivity contribution in [3.05, 3.63) is 54.4 Å². The highest BCUT2D eigenvalue weighted by atomic mass is 32.2. The Balaban J connectivity index is 1.90. The molecule has 2 heterocycles. The van der Waals surface area contributed by atoms with E-state index in [1.54, 1.807) is 32.2 Å². The van der Waals surface area contributed by atoms with Crippen molar-refractivity contribution in [2.24, 2.45) is 0 Å². The Bertz CT molecular complexity index is 808. The highest BCUT2D eigenvalue weighted by Gasteiger charge is 2.17. The molecule has 130 valence electrons. The Morgan fingerprint density at radius 3 is 2.64 bits per heavy atom. The maximum Gasteiger partial charge on any atom is 0.191 e. The predicted octanol–water partition coefficient (Wildman–Crippen LogP) is 3.29. The minimum Gasteiger partial charge on any atom is -0.496 e. The SMILES string of the molecule is COCCn1c(SCc2ccccn2)nnc1-c1ccccc1OC. The smallest absolute Gasteiger partial charge is 0.191 e. The lowest BCUT2D eigenvalue weighted by atomic mass is 10.2. The lowest BCUT2D eigenvalue weighted by Crippen LogP contribution is -2.08. The molecule has 2 aromatic heterocycles. The first-order chi connectivity index (χ1) is 12.3. The van der Waals surface area contributed by atoms with Gasteiger partial charge in [0.15, 0.2) is 11.0 Å². The number of nitrogens with zero attached hydrogens (tertiary/aromatic N) is 4. The van der Waals surface area contributed by atoms with Crippen molar-refractivity contribution in [2.45, 2.75) is 17.5 Å². The van der Waals surface area contributed by atoms with E-state index in [9.17, 15) is 0 Å². The minimum absolute atomic E-state index is 0.581. The number of aromatic nitrogens is 4. The molecule has 0 aliphatic heterocycles. The van der Waals surface area contributed by atoms with Gasteiger partial charge in [0.1, 0.15) is 5.75 Å². The van der Waals surface area contributed by atoms with Gasteiger partial charge in [-0.15, -0.1) is 10.2 Å². The van der Waals surface area contributed by atoms with Gasteiger partial charge in [-0.3, -0.25) is 9.55 Å². The molecule has 0 spiro atoms. The van der Waals surface area contributed by atoms with E-state index >= 15 is 0 Å². The molecule has 6 nitrogen and oxygen atoms in total. The number of hydrogen-bond acceptors (Lipinski definition) is 6. The van der Waals surface area contributed by atoms with Gasteiger partial charge in [-0.25, -0.2) is 0 Å². The molecule has 0 aliphatic carbocycles. The molecule has 0 saturated heterocycles. The molecule has 0 unspecified atom stereocenters. The molecule has 1 aromatic carbocycles. The lowest BCUT2D eigenvalue weighted by Gasteiger charge is -2.11. The van der Waals surface area contributed by atoms with Gasteiger partial charge in [0.25, 0.3) is 0 Å². The maximum atomic E-state index is 5.47. The zero-order chi connectivity index (χ0) is 17.5. The molecule has 0 fully saturated rings. The molecule has 25 heavy (non-hydrogen) atoms. The number of benzene rings is 1. The first kappa shape index (κ1) is 17.4. The van der Waals surface area contributed by atoms with Gasteiger partial charge in [0.2, 0.25) is 0 Å². The Kier molecular flexibility index (Phi) is 6.03. The summed E-state index contributed by atoms with van der Waals surface area (Å²) in [4.78, 5) is 4.36. The van der Waals surface area contributed by atoms with Gasteiger partial charge in [0.05, 0.1) is 31.5 Å². The Labute approximate surface area is 151 Å². The van der Waals surface area contributed by atoms with Crippen LogP contribution >= 0.6 is 11.8 Å². The van der Waals surface area contributed by atoms with Gasteiger partial charge in [0, 0.05) is 19.1 Å². The van der Waals surface area contributed by atoms with Gasteiger partial charge in [-0.2, -0.15) is 0 Å². The van der Waals surface area contributed by atoms with Crippen molar-refractivity contribution < 1.29 is 9.47 Å². The van der Waals surface area contributed by atoms with Crippen molar-refractivity contribution in [1.29, 1.82) is 0 Å². The summed E-state index contributed by atoms with van der Waals surface area (Å²) >= 11 is 1.61. The third-order valence-electron chi connectivity index (χ3n) is 3.66. The number of hydrogen-bond donors (Lipinski definition) is 0. The molecule has 0 aliphatic rings. The quantitative estimate of drug-likeness (QED) is 0.577. The fourth-order valence-electron chi connectivity index (χ4n) is 2.43. The van der Waals surface area contributed by atoms with E-state index in [0.717, 1.165) is 33.7 Å². The van der Waals surface area contributed by atoms with E-state index in [1.807, 2.05) is 42.5 Å². The van der Waals surface area contributed by atoms with Crippen molar-refractivity contribution in [3.63, 3.8) is 0 Å². The van der Waals surface area contributed by atoms with Crippen LogP contribution in [0, 0.1) is 0 Å². The number of para-hydroxylation sites is 1. The molecule has 0 radical (unpaired) electrons. The van der Waals surface area contributed by atoms with Crippen LogP contribution in [0.4, 0.5) is 0 Å². The summed E-state index contributed by atoms with van der Waals surface area (Å²) < 4.78 is 12.8. The lowest BCUT2D eigenvalue weighted by molar-refractivity contribution is 0.185. The molecule has 7 heteroatoms. The largest absolute Gasteiger partial charge is 0.496 e. The molecule has 0 amide bonds. The van der Waals surface area contributed by atoms with E-state index in [4.69, 9.17) is 9.47 Å². The molecule has 3 rings (SSSR count). The number of rotatable bonds is 8. The Hall–Kier alpha value is -2.38. The van der Waals surface area contributed by atoms with Crippen LogP contribution in [0.15, 0.2) is 53.8 Å². The second-order valence-electron chi connectivity index (χ2n) is 5.26. The van der Waals surface area contributed by atoms with Crippen LogP contribution in [-0.2, 0) is 17.0 Å². The van der Waals surface area contributed by atoms with Crippen LogP contribution < -0.4 is 4.74 Å². The summed E-state index contributed by atoms with van der Waals surface area (Å²) in [6.45, 7) is 1.25. The van der Waals surface area contributed by atoms with Crippen molar-refractivity contribution >= 4 is 11.8 Å². The van der Waals surface area contributed by atoms with Crippen molar-refractivity contribution in [1.82, 2.24) is 19.7 Å². The zero-order valence-electron chi connectivity index (χ0n) is 14.3. The van der Waals surface area contributed by atoms with Crippen LogP contribution in [-0.4, -0.2) is 40.6 Å². The van der Waals surface area contributed by atoms with E-state index in [0.29, 0.717) is 13.2 Å². The van der Waals surface area contributed by atoms with E-state index < -0.39 is 0 Å².